The molecule has 1 aliphatic heterocycles. The van der Waals surface area contributed by atoms with Crippen molar-refractivity contribution in [3.63, 3.8) is 0 Å². The van der Waals surface area contributed by atoms with E-state index in [4.69, 9.17) is 0 Å². The maximum Gasteiger partial charge on any atom is 0.229 e. The summed E-state index contributed by atoms with van der Waals surface area (Å²) in [6, 6.07) is 5.32. The second kappa shape index (κ2) is 9.27. The maximum absolute atomic E-state index is 12.9. The molecule has 29 heavy (non-hydrogen) atoms. The highest BCUT2D eigenvalue weighted by Gasteiger charge is 2.41. The number of fused-ring (bicyclic) bond motifs is 1. The van der Waals surface area contributed by atoms with Crippen LogP contribution in [0.1, 0.15) is 71.7 Å². The van der Waals surface area contributed by atoms with Crippen LogP contribution < -0.4 is 10.6 Å². The largest absolute Gasteiger partial charge is 0.317 e. The molecule has 1 aromatic rings. The van der Waals surface area contributed by atoms with Crippen molar-refractivity contribution in [2.45, 2.75) is 45.4 Å². The molecule has 1 aliphatic carbocycles. The summed E-state index contributed by atoms with van der Waals surface area (Å²) in [5.74, 6) is -2.46. The van der Waals surface area contributed by atoms with Gasteiger partial charge in [0.15, 0.2) is 11.6 Å². The monoisotopic (exact) mass is 396 g/mol. The number of ketones is 2. The van der Waals surface area contributed by atoms with E-state index < -0.39 is 11.8 Å². The molecule has 154 valence electrons. The first kappa shape index (κ1) is 21.1. The van der Waals surface area contributed by atoms with Crippen molar-refractivity contribution in [1.82, 2.24) is 10.6 Å². The quantitative estimate of drug-likeness (QED) is 0.380. The van der Waals surface area contributed by atoms with Crippen molar-refractivity contribution in [3.05, 3.63) is 41.5 Å². The van der Waals surface area contributed by atoms with Gasteiger partial charge in [0, 0.05) is 23.5 Å². The van der Waals surface area contributed by atoms with Crippen LogP contribution in [0.4, 0.5) is 0 Å². The number of hydrogen-bond acceptors (Lipinski definition) is 5. The van der Waals surface area contributed by atoms with Crippen LogP contribution in [0.15, 0.2) is 24.8 Å². The number of rotatable bonds is 9. The topological polar surface area (TPSA) is 92.3 Å². The van der Waals surface area contributed by atoms with Gasteiger partial charge in [0.25, 0.3) is 0 Å². The van der Waals surface area contributed by atoms with Crippen molar-refractivity contribution in [3.8, 4) is 0 Å². The summed E-state index contributed by atoms with van der Waals surface area (Å²) in [4.78, 5) is 49.0. The second-order valence-electron chi connectivity index (χ2n) is 7.88. The summed E-state index contributed by atoms with van der Waals surface area (Å²) in [6.07, 6.45) is 3.66. The minimum absolute atomic E-state index is 0.158. The van der Waals surface area contributed by atoms with Gasteiger partial charge in [0.1, 0.15) is 0 Å². The van der Waals surface area contributed by atoms with E-state index in [0.717, 1.165) is 43.5 Å². The maximum atomic E-state index is 12.9. The van der Waals surface area contributed by atoms with Crippen LogP contribution in [0.3, 0.4) is 0 Å². The molecule has 0 spiro atoms. The summed E-state index contributed by atoms with van der Waals surface area (Å²) in [5.41, 5.74) is 2.67. The Kier molecular flexibility index (Phi) is 6.75. The van der Waals surface area contributed by atoms with Gasteiger partial charge >= 0.3 is 0 Å². The molecule has 6 nitrogen and oxygen atoms in total. The third kappa shape index (κ3) is 4.70. The number of hydrogen-bond donors (Lipinski definition) is 2. The van der Waals surface area contributed by atoms with Crippen LogP contribution in [0.5, 0.6) is 0 Å². The Labute approximate surface area is 171 Å². The fraction of sp³-hybridized carbons (Fsp3) is 0.478. The van der Waals surface area contributed by atoms with Gasteiger partial charge in [0.05, 0.1) is 5.92 Å². The Morgan fingerprint density at radius 2 is 1.90 bits per heavy atom. The van der Waals surface area contributed by atoms with Crippen LogP contribution >= 0.6 is 0 Å². The normalized spacial score (nSPS) is 21.3. The number of nitrogens with one attached hydrogen (secondary N) is 2. The molecule has 0 radical (unpaired) electrons. The van der Waals surface area contributed by atoms with E-state index in [0.29, 0.717) is 17.5 Å². The number of carbonyl (C=O) groups excluding carboxylic acids is 4. The lowest BCUT2D eigenvalue weighted by atomic mass is 9.86. The van der Waals surface area contributed by atoms with Crippen LogP contribution in [0.25, 0.3) is 5.57 Å². The van der Waals surface area contributed by atoms with Crippen molar-refractivity contribution < 1.29 is 19.2 Å². The fourth-order valence-corrected chi connectivity index (χ4v) is 4.01. The number of benzene rings is 1. The highest BCUT2D eigenvalue weighted by molar-refractivity contribution is 6.26. The molecule has 2 amide bonds. The van der Waals surface area contributed by atoms with Crippen molar-refractivity contribution >= 4 is 29.0 Å². The number of piperidine rings is 1. The van der Waals surface area contributed by atoms with Crippen molar-refractivity contribution in [2.24, 2.45) is 11.8 Å². The average Bonchev–Trinajstić information content (AvgIpc) is 2.94. The van der Waals surface area contributed by atoms with Gasteiger partial charge in [0.2, 0.25) is 11.8 Å². The van der Waals surface area contributed by atoms with Crippen LogP contribution in [0.2, 0.25) is 0 Å². The Balaban J connectivity index is 1.66. The number of Topliss-reactive ketones (excluding diaryl/α,β-unsaturated/α-hetero) is 2. The van der Waals surface area contributed by atoms with E-state index in [2.05, 4.69) is 24.1 Å². The molecule has 0 aromatic heterocycles. The third-order valence-corrected chi connectivity index (χ3v) is 5.72. The van der Waals surface area contributed by atoms with Gasteiger partial charge in [-0.15, -0.1) is 0 Å². The standard InChI is InChI=1S/C23H28N2O4/c1-3-10-24-11-4-5-14(2)15-6-8-17-18(12-15)22(28)19(21(17)27)13-16-7-9-20(26)25-23(16)29/h6,8,12,16,19,24H,2-5,7,9-11,13H2,1H3,(H,25,26,29). The molecule has 3 rings (SSSR count). The summed E-state index contributed by atoms with van der Waals surface area (Å²) in [5, 5.41) is 5.65. The molecule has 6 heteroatoms. The number of imide groups is 1. The smallest absolute Gasteiger partial charge is 0.229 e. The molecule has 1 saturated heterocycles. The van der Waals surface area contributed by atoms with E-state index in [9.17, 15) is 19.2 Å². The van der Waals surface area contributed by atoms with E-state index in [1.807, 2.05) is 6.07 Å². The zero-order chi connectivity index (χ0) is 21.0. The van der Waals surface area contributed by atoms with E-state index in [1.54, 1.807) is 12.1 Å². The SMILES string of the molecule is C=C(CCCNCCC)c1ccc2c(c1)C(=O)C(CC1CCC(=O)NC1=O)C2=O. The van der Waals surface area contributed by atoms with Gasteiger partial charge in [-0.25, -0.2) is 0 Å². The second-order valence-corrected chi connectivity index (χ2v) is 7.88. The van der Waals surface area contributed by atoms with Crippen molar-refractivity contribution in [1.29, 1.82) is 0 Å². The zero-order valence-corrected chi connectivity index (χ0v) is 16.9. The van der Waals surface area contributed by atoms with Crippen LogP contribution in [0, 0.1) is 11.8 Å². The first-order chi connectivity index (χ1) is 13.9. The Hall–Kier alpha value is -2.60. The number of allylic oxidation sites excluding steroid dienone is 1. The summed E-state index contributed by atoms with van der Waals surface area (Å²) in [6.45, 7) is 8.18. The predicted molar refractivity (Wildman–Crippen MR) is 111 cm³/mol. The fourth-order valence-electron chi connectivity index (χ4n) is 4.01. The van der Waals surface area contributed by atoms with E-state index in [1.165, 1.54) is 0 Å². The molecule has 2 atom stereocenters. The van der Waals surface area contributed by atoms with Gasteiger partial charge in [-0.05, 0) is 62.4 Å². The Morgan fingerprint density at radius 3 is 2.62 bits per heavy atom. The molecular weight excluding hydrogens is 368 g/mol. The Morgan fingerprint density at radius 1 is 1.14 bits per heavy atom. The average molecular weight is 396 g/mol. The van der Waals surface area contributed by atoms with Crippen LogP contribution in [-0.4, -0.2) is 36.5 Å². The number of carbonyl (C=O) groups is 4. The Bertz CT molecular complexity index is 858. The summed E-state index contributed by atoms with van der Waals surface area (Å²) >= 11 is 0. The molecule has 0 bridgehead atoms. The first-order valence-corrected chi connectivity index (χ1v) is 10.4. The van der Waals surface area contributed by atoms with Gasteiger partial charge in [-0.2, -0.15) is 0 Å². The lowest BCUT2D eigenvalue weighted by molar-refractivity contribution is -0.136. The summed E-state index contributed by atoms with van der Waals surface area (Å²) < 4.78 is 0. The molecule has 2 aliphatic rings. The highest BCUT2D eigenvalue weighted by atomic mass is 16.2. The molecular formula is C23H28N2O4. The molecule has 1 heterocycles. The van der Waals surface area contributed by atoms with Gasteiger partial charge in [-0.3, -0.25) is 24.5 Å². The molecule has 1 fully saturated rings. The van der Waals surface area contributed by atoms with Crippen molar-refractivity contribution in [2.75, 3.05) is 13.1 Å². The van der Waals surface area contributed by atoms with E-state index in [-0.39, 0.29) is 36.2 Å². The van der Waals surface area contributed by atoms with Gasteiger partial charge in [-0.1, -0.05) is 25.6 Å². The minimum atomic E-state index is -0.837. The zero-order valence-electron chi connectivity index (χ0n) is 16.9. The predicted octanol–water partition coefficient (Wildman–Crippen LogP) is 2.92. The third-order valence-electron chi connectivity index (χ3n) is 5.72. The van der Waals surface area contributed by atoms with Crippen LogP contribution in [-0.2, 0) is 9.59 Å². The van der Waals surface area contributed by atoms with Gasteiger partial charge < -0.3 is 5.32 Å². The molecule has 2 N–H and O–H groups in total. The lowest BCUT2D eigenvalue weighted by Crippen LogP contribution is -2.42. The highest BCUT2D eigenvalue weighted by Crippen LogP contribution is 2.34. The first-order valence-electron chi connectivity index (χ1n) is 10.4. The number of amides is 2. The molecule has 0 saturated carbocycles. The minimum Gasteiger partial charge on any atom is -0.317 e. The molecule has 2 unspecified atom stereocenters. The van der Waals surface area contributed by atoms with E-state index >= 15 is 0 Å². The lowest BCUT2D eigenvalue weighted by Gasteiger charge is -2.22. The summed E-state index contributed by atoms with van der Waals surface area (Å²) in [7, 11) is 0. The molecule has 1 aromatic carbocycles.